The van der Waals surface area contributed by atoms with Crippen molar-refractivity contribution in [2.24, 2.45) is 7.05 Å². The first-order valence-corrected chi connectivity index (χ1v) is 11.6. The van der Waals surface area contributed by atoms with E-state index >= 15 is 0 Å². The predicted molar refractivity (Wildman–Crippen MR) is 122 cm³/mol. The van der Waals surface area contributed by atoms with Crippen LogP contribution in [0.15, 0.2) is 24.3 Å². The van der Waals surface area contributed by atoms with Crippen LogP contribution >= 0.6 is 0 Å². The zero-order chi connectivity index (χ0) is 21.0. The van der Waals surface area contributed by atoms with Crippen molar-refractivity contribution in [3.63, 3.8) is 0 Å². The molecule has 2 atom stereocenters. The third-order valence-electron chi connectivity index (χ3n) is 8.93. The first-order chi connectivity index (χ1) is 13.4. The van der Waals surface area contributed by atoms with Gasteiger partial charge in [0, 0.05) is 22.1 Å². The minimum atomic E-state index is 0.210. The summed E-state index contributed by atoms with van der Waals surface area (Å²) in [6.45, 7) is 17.4. The Morgan fingerprint density at radius 1 is 0.724 bits per heavy atom. The minimum Gasteiger partial charge on any atom is -0.197 e. The summed E-state index contributed by atoms with van der Waals surface area (Å²) in [5, 5.41) is 0. The number of benzene rings is 1. The van der Waals surface area contributed by atoms with Crippen molar-refractivity contribution in [2.45, 2.75) is 102 Å². The molecule has 0 N–H and O–H groups in total. The smallest absolute Gasteiger partial charge is 0.197 e. The van der Waals surface area contributed by atoms with Crippen molar-refractivity contribution in [1.82, 2.24) is 0 Å². The fourth-order valence-electron chi connectivity index (χ4n) is 7.60. The van der Waals surface area contributed by atoms with Crippen LogP contribution in [-0.2, 0) is 28.7 Å². The molecule has 1 nitrogen and oxygen atoms in total. The molecule has 3 aliphatic rings. The number of nitrogens with zero attached hydrogens (tertiary/aromatic N) is 1. The lowest BCUT2D eigenvalue weighted by molar-refractivity contribution is -0.673. The highest BCUT2D eigenvalue weighted by Crippen LogP contribution is 2.63. The summed E-state index contributed by atoms with van der Waals surface area (Å²) in [7, 11) is 2.36. The molecule has 2 aromatic rings. The van der Waals surface area contributed by atoms with E-state index in [9.17, 15) is 0 Å². The number of hydrogen-bond donors (Lipinski definition) is 0. The zero-order valence-electron chi connectivity index (χ0n) is 19.8. The molecule has 154 valence electrons. The van der Waals surface area contributed by atoms with Crippen LogP contribution in [0, 0.1) is 6.92 Å². The molecular formula is C28H38N+. The summed E-state index contributed by atoms with van der Waals surface area (Å²) in [6.07, 6.45) is 6.59. The molecular weight excluding hydrogens is 350 g/mol. The van der Waals surface area contributed by atoms with Crippen molar-refractivity contribution in [3.8, 4) is 11.3 Å². The molecule has 0 bridgehead atoms. The van der Waals surface area contributed by atoms with Crippen molar-refractivity contribution in [1.29, 1.82) is 0 Å². The minimum absolute atomic E-state index is 0.210. The first kappa shape index (κ1) is 19.3. The molecule has 0 radical (unpaired) electrons. The lowest BCUT2D eigenvalue weighted by Gasteiger charge is -2.48. The topological polar surface area (TPSA) is 3.88 Å². The largest absolute Gasteiger partial charge is 0.216 e. The van der Waals surface area contributed by atoms with Crippen LogP contribution < -0.4 is 4.57 Å². The van der Waals surface area contributed by atoms with Gasteiger partial charge in [0.15, 0.2) is 5.69 Å². The summed E-state index contributed by atoms with van der Waals surface area (Å²) in [5.41, 5.74) is 12.2. The van der Waals surface area contributed by atoms with E-state index in [1.54, 1.807) is 22.4 Å². The van der Waals surface area contributed by atoms with Gasteiger partial charge in [-0.2, -0.15) is 4.57 Å². The summed E-state index contributed by atoms with van der Waals surface area (Å²) in [4.78, 5) is 0. The van der Waals surface area contributed by atoms with Gasteiger partial charge < -0.3 is 0 Å². The molecule has 1 aromatic heterocycles. The Morgan fingerprint density at radius 3 is 2.03 bits per heavy atom. The third-order valence-corrected chi connectivity index (χ3v) is 8.93. The zero-order valence-corrected chi connectivity index (χ0v) is 19.8. The van der Waals surface area contributed by atoms with Crippen LogP contribution in [0.25, 0.3) is 11.3 Å². The third kappa shape index (κ3) is 2.37. The SMILES string of the molecule is Cc1ccccc1-c1c2c3c4c([n+]1C)C(C)(C)CCC4(C)CCC3(C)CC2(C)C. The molecule has 1 heteroatoms. The summed E-state index contributed by atoms with van der Waals surface area (Å²) in [5.74, 6) is 0. The van der Waals surface area contributed by atoms with Gasteiger partial charge in [0.05, 0.1) is 0 Å². The molecule has 1 heterocycles. The molecule has 5 rings (SSSR count). The van der Waals surface area contributed by atoms with Gasteiger partial charge in [-0.1, -0.05) is 45.9 Å². The Hall–Kier alpha value is -1.63. The van der Waals surface area contributed by atoms with Gasteiger partial charge in [0.25, 0.3) is 0 Å². The number of hydrogen-bond acceptors (Lipinski definition) is 0. The second kappa shape index (κ2) is 5.54. The Bertz CT molecular complexity index is 1040. The lowest BCUT2D eigenvalue weighted by Crippen LogP contribution is -2.53. The van der Waals surface area contributed by atoms with E-state index in [4.69, 9.17) is 0 Å². The van der Waals surface area contributed by atoms with Gasteiger partial charge in [0.2, 0.25) is 5.69 Å². The van der Waals surface area contributed by atoms with Gasteiger partial charge in [0.1, 0.15) is 7.05 Å². The first-order valence-electron chi connectivity index (χ1n) is 11.6. The van der Waals surface area contributed by atoms with Crippen LogP contribution in [0.4, 0.5) is 0 Å². The van der Waals surface area contributed by atoms with E-state index in [1.165, 1.54) is 48.9 Å². The Morgan fingerprint density at radius 2 is 1.34 bits per heavy atom. The molecule has 2 unspecified atom stereocenters. The Kier molecular flexibility index (Phi) is 3.69. The number of rotatable bonds is 1. The molecule has 0 fully saturated rings. The lowest BCUT2D eigenvalue weighted by atomic mass is 9.54. The van der Waals surface area contributed by atoms with Crippen molar-refractivity contribution in [2.75, 3.05) is 0 Å². The predicted octanol–water partition coefficient (Wildman–Crippen LogP) is 6.55. The van der Waals surface area contributed by atoms with E-state index in [0.29, 0.717) is 10.8 Å². The Labute approximate surface area is 177 Å². The quantitative estimate of drug-likeness (QED) is 0.488. The Balaban J connectivity index is 2.02. The van der Waals surface area contributed by atoms with Crippen LogP contribution in [0.3, 0.4) is 0 Å². The molecule has 29 heavy (non-hydrogen) atoms. The second-order valence-electron chi connectivity index (χ2n) is 12.3. The maximum atomic E-state index is 2.63. The maximum absolute atomic E-state index is 2.63. The molecule has 0 aliphatic heterocycles. The van der Waals surface area contributed by atoms with Gasteiger partial charge in [-0.05, 0) is 86.3 Å². The normalized spacial score (nSPS) is 30.9. The summed E-state index contributed by atoms with van der Waals surface area (Å²) >= 11 is 0. The van der Waals surface area contributed by atoms with Gasteiger partial charge in [-0.3, -0.25) is 0 Å². The van der Waals surface area contributed by atoms with E-state index in [2.05, 4.69) is 84.3 Å². The van der Waals surface area contributed by atoms with Crippen LogP contribution in [0.1, 0.15) is 102 Å². The van der Waals surface area contributed by atoms with E-state index < -0.39 is 0 Å². The van der Waals surface area contributed by atoms with Crippen molar-refractivity contribution < 1.29 is 4.57 Å². The summed E-state index contributed by atoms with van der Waals surface area (Å²) in [6, 6.07) is 9.03. The molecule has 0 saturated carbocycles. The molecule has 0 saturated heterocycles. The average Bonchev–Trinajstić information content (AvgIpc) is 2.84. The van der Waals surface area contributed by atoms with Crippen LogP contribution in [0.2, 0.25) is 0 Å². The highest BCUT2D eigenvalue weighted by Gasteiger charge is 2.59. The van der Waals surface area contributed by atoms with Crippen molar-refractivity contribution in [3.05, 3.63) is 52.2 Å². The van der Waals surface area contributed by atoms with Gasteiger partial charge >= 0.3 is 0 Å². The highest BCUT2D eigenvalue weighted by atomic mass is 15.0. The fourth-order valence-corrected chi connectivity index (χ4v) is 7.60. The van der Waals surface area contributed by atoms with Gasteiger partial charge in [-0.15, -0.1) is 0 Å². The van der Waals surface area contributed by atoms with Crippen LogP contribution in [0.5, 0.6) is 0 Å². The number of aryl methyl sites for hydroxylation is 1. The highest BCUT2D eigenvalue weighted by molar-refractivity contribution is 5.72. The molecule has 1 aromatic carbocycles. The van der Waals surface area contributed by atoms with E-state index in [0.717, 1.165) is 0 Å². The monoisotopic (exact) mass is 388 g/mol. The summed E-state index contributed by atoms with van der Waals surface area (Å²) < 4.78 is 2.63. The fraction of sp³-hybridized carbons (Fsp3) is 0.607. The second-order valence-corrected chi connectivity index (χ2v) is 12.3. The van der Waals surface area contributed by atoms with E-state index in [1.807, 2.05) is 0 Å². The molecule has 0 spiro atoms. The maximum Gasteiger partial charge on any atom is 0.216 e. The van der Waals surface area contributed by atoms with Gasteiger partial charge in [-0.25, -0.2) is 0 Å². The number of aromatic nitrogens is 1. The van der Waals surface area contributed by atoms with Crippen LogP contribution in [-0.4, -0.2) is 0 Å². The average molecular weight is 389 g/mol. The number of pyridine rings is 1. The van der Waals surface area contributed by atoms with E-state index in [-0.39, 0.29) is 10.8 Å². The van der Waals surface area contributed by atoms with Crippen molar-refractivity contribution >= 4 is 0 Å². The standard InChI is InChI=1S/C28H38N/c1-18-11-9-10-12-19(18)23-21-20-22-24(29(23)8)25(2,3)13-14-27(22,6)15-16-28(20,7)17-26(21,4)5/h9-12H,13-17H2,1-8H3/q+1. The molecule has 3 aliphatic carbocycles. The molecule has 0 amide bonds.